The van der Waals surface area contributed by atoms with E-state index in [0.717, 1.165) is 24.0 Å². The predicted molar refractivity (Wildman–Crippen MR) is 104 cm³/mol. The number of amides is 2. The Labute approximate surface area is 163 Å². The second kappa shape index (κ2) is 7.96. The number of anilines is 1. The summed E-state index contributed by atoms with van der Waals surface area (Å²) in [6, 6.07) is 8.51. The lowest BCUT2D eigenvalue weighted by molar-refractivity contribution is 0.0500. The predicted octanol–water partition coefficient (Wildman–Crippen LogP) is 3.86. The normalized spacial score (nSPS) is 16.1. The van der Waals surface area contributed by atoms with E-state index in [-0.39, 0.29) is 11.6 Å². The maximum absolute atomic E-state index is 13.6. The highest BCUT2D eigenvalue weighted by Gasteiger charge is 2.23. The van der Waals surface area contributed by atoms with Crippen molar-refractivity contribution in [3.63, 3.8) is 0 Å². The Morgan fingerprint density at radius 3 is 2.71 bits per heavy atom. The summed E-state index contributed by atoms with van der Waals surface area (Å²) < 4.78 is 19.0. The first kappa shape index (κ1) is 19.8. The molecule has 2 aromatic rings. The second-order valence-corrected chi connectivity index (χ2v) is 7.87. The van der Waals surface area contributed by atoms with Gasteiger partial charge in [-0.15, -0.1) is 0 Å². The third-order valence-corrected chi connectivity index (χ3v) is 4.42. The first-order valence-electron chi connectivity index (χ1n) is 9.24. The zero-order chi connectivity index (χ0) is 20.3. The van der Waals surface area contributed by atoms with Crippen LogP contribution in [0.4, 0.5) is 14.9 Å². The lowest BCUT2D eigenvalue weighted by Crippen LogP contribution is -2.41. The number of carbonyl (C=O) groups is 2. The molecule has 1 aliphatic carbocycles. The zero-order valence-corrected chi connectivity index (χ0v) is 16.2. The molecule has 0 radical (unpaired) electrons. The molecule has 2 amide bonds. The molecule has 0 saturated carbocycles. The molecular formula is C21H24FN3O3. The van der Waals surface area contributed by atoms with Crippen molar-refractivity contribution in [1.82, 2.24) is 10.3 Å². The number of aromatic nitrogens is 1. The van der Waals surface area contributed by atoms with Crippen molar-refractivity contribution < 1.29 is 18.7 Å². The number of rotatable bonds is 3. The Kier molecular flexibility index (Phi) is 5.63. The van der Waals surface area contributed by atoms with E-state index in [1.165, 1.54) is 18.3 Å². The number of fused-ring (bicyclic) bond motifs is 1. The van der Waals surface area contributed by atoms with Gasteiger partial charge in [0, 0.05) is 17.9 Å². The van der Waals surface area contributed by atoms with E-state index in [1.807, 2.05) is 32.9 Å². The Balaban J connectivity index is 1.63. The molecule has 0 fully saturated rings. The van der Waals surface area contributed by atoms with Gasteiger partial charge >= 0.3 is 6.09 Å². The molecular weight excluding hydrogens is 361 g/mol. The van der Waals surface area contributed by atoms with Gasteiger partial charge in [-0.1, -0.05) is 6.07 Å². The van der Waals surface area contributed by atoms with Crippen molar-refractivity contribution in [2.75, 3.05) is 5.32 Å². The number of pyridine rings is 1. The number of benzene rings is 1. The lowest BCUT2D eigenvalue weighted by atomic mass is 9.88. The highest BCUT2D eigenvalue weighted by atomic mass is 19.1. The summed E-state index contributed by atoms with van der Waals surface area (Å²) in [5.41, 5.74) is 2.19. The molecule has 2 N–H and O–H groups in total. The first-order valence-corrected chi connectivity index (χ1v) is 9.24. The summed E-state index contributed by atoms with van der Waals surface area (Å²) in [5.74, 6) is -1.33. The maximum Gasteiger partial charge on any atom is 0.407 e. The minimum atomic E-state index is -0.797. The number of hydrogen-bond acceptors (Lipinski definition) is 4. The van der Waals surface area contributed by atoms with Gasteiger partial charge in [-0.05, 0) is 75.4 Å². The van der Waals surface area contributed by atoms with Crippen molar-refractivity contribution in [2.24, 2.45) is 0 Å². The van der Waals surface area contributed by atoms with Gasteiger partial charge < -0.3 is 15.4 Å². The Bertz CT molecular complexity index is 893. The van der Waals surface area contributed by atoms with Crippen molar-refractivity contribution in [3.8, 4) is 0 Å². The average Bonchev–Trinajstić information content (AvgIpc) is 2.60. The molecule has 1 aromatic carbocycles. The van der Waals surface area contributed by atoms with Crippen molar-refractivity contribution in [3.05, 3.63) is 59.2 Å². The molecule has 148 valence electrons. The number of ether oxygens (including phenoxy) is 1. The van der Waals surface area contributed by atoms with Gasteiger partial charge in [0.25, 0.3) is 5.91 Å². The summed E-state index contributed by atoms with van der Waals surface area (Å²) in [6.45, 7) is 5.49. The van der Waals surface area contributed by atoms with Crippen LogP contribution in [0.2, 0.25) is 0 Å². The minimum Gasteiger partial charge on any atom is -0.444 e. The summed E-state index contributed by atoms with van der Waals surface area (Å²) >= 11 is 0. The topological polar surface area (TPSA) is 80.3 Å². The molecule has 6 nitrogen and oxygen atoms in total. The van der Waals surface area contributed by atoms with Gasteiger partial charge in [-0.3, -0.25) is 4.79 Å². The summed E-state index contributed by atoms with van der Waals surface area (Å²) in [5, 5.41) is 5.62. The highest BCUT2D eigenvalue weighted by Crippen LogP contribution is 2.25. The average molecular weight is 385 g/mol. The molecule has 0 aliphatic heterocycles. The Morgan fingerprint density at radius 2 is 2.00 bits per heavy atom. The third-order valence-electron chi connectivity index (χ3n) is 4.42. The van der Waals surface area contributed by atoms with Crippen LogP contribution in [0.5, 0.6) is 0 Å². The van der Waals surface area contributed by atoms with Crippen molar-refractivity contribution >= 4 is 17.7 Å². The van der Waals surface area contributed by atoms with E-state index in [9.17, 15) is 14.0 Å². The van der Waals surface area contributed by atoms with E-state index in [0.29, 0.717) is 12.1 Å². The van der Waals surface area contributed by atoms with Crippen molar-refractivity contribution in [2.45, 2.75) is 51.7 Å². The van der Waals surface area contributed by atoms with Crippen LogP contribution >= 0.6 is 0 Å². The van der Waals surface area contributed by atoms with E-state index in [4.69, 9.17) is 4.74 Å². The van der Waals surface area contributed by atoms with Gasteiger partial charge in [0.2, 0.25) is 5.95 Å². The second-order valence-electron chi connectivity index (χ2n) is 7.87. The minimum absolute atomic E-state index is 0.00674. The standard InChI is InChI=1S/C21H24FN3O3/c1-21(2,3)28-20(27)25-16-9-7-13-11-15(8-6-14(13)12-16)24-19(26)17-5-4-10-23-18(17)22/h4-6,8,10-11,16H,7,9,12H2,1-3H3,(H,24,26)(H,25,27)/t16-/m0/s1. The lowest BCUT2D eigenvalue weighted by Gasteiger charge is -2.27. The molecule has 28 heavy (non-hydrogen) atoms. The highest BCUT2D eigenvalue weighted by molar-refractivity contribution is 6.04. The van der Waals surface area contributed by atoms with E-state index >= 15 is 0 Å². The van der Waals surface area contributed by atoms with E-state index < -0.39 is 23.5 Å². The molecule has 0 spiro atoms. The number of hydrogen-bond donors (Lipinski definition) is 2. The molecule has 0 bridgehead atoms. The fourth-order valence-corrected chi connectivity index (χ4v) is 3.18. The van der Waals surface area contributed by atoms with E-state index in [1.54, 1.807) is 6.07 Å². The molecule has 0 saturated heterocycles. The molecule has 3 rings (SSSR count). The molecule has 1 aromatic heterocycles. The van der Waals surface area contributed by atoms with Crippen LogP contribution in [-0.4, -0.2) is 28.6 Å². The van der Waals surface area contributed by atoms with Crippen LogP contribution in [0.3, 0.4) is 0 Å². The van der Waals surface area contributed by atoms with Crippen molar-refractivity contribution in [1.29, 1.82) is 0 Å². The van der Waals surface area contributed by atoms with E-state index in [2.05, 4.69) is 15.6 Å². The Morgan fingerprint density at radius 1 is 1.21 bits per heavy atom. The fraction of sp³-hybridized carbons (Fsp3) is 0.381. The Hall–Kier alpha value is -2.96. The van der Waals surface area contributed by atoms with Crippen LogP contribution in [-0.2, 0) is 17.6 Å². The number of aryl methyl sites for hydroxylation is 1. The number of nitrogens with zero attached hydrogens (tertiary/aromatic N) is 1. The quantitative estimate of drug-likeness (QED) is 0.787. The first-order chi connectivity index (χ1) is 13.2. The van der Waals surface area contributed by atoms with Crippen LogP contribution < -0.4 is 10.6 Å². The summed E-state index contributed by atoms with van der Waals surface area (Å²) in [4.78, 5) is 27.7. The van der Waals surface area contributed by atoms with Gasteiger partial charge in [0.1, 0.15) is 5.60 Å². The molecule has 1 atom stereocenters. The maximum atomic E-state index is 13.6. The summed E-state index contributed by atoms with van der Waals surface area (Å²) in [7, 11) is 0. The molecule has 0 unspecified atom stereocenters. The SMILES string of the molecule is CC(C)(C)OC(=O)N[C@H]1CCc2cc(NC(=O)c3cccnc3F)ccc2C1. The monoisotopic (exact) mass is 385 g/mol. The number of alkyl carbamates (subject to hydrolysis) is 1. The molecule has 1 aliphatic rings. The van der Waals surface area contributed by atoms with Gasteiger partial charge in [0.05, 0.1) is 5.56 Å². The summed E-state index contributed by atoms with van der Waals surface area (Å²) in [6.07, 6.45) is 3.12. The van der Waals surface area contributed by atoms with Crippen LogP contribution in [0, 0.1) is 5.95 Å². The third kappa shape index (κ3) is 5.06. The molecule has 1 heterocycles. The smallest absolute Gasteiger partial charge is 0.407 e. The largest absolute Gasteiger partial charge is 0.444 e. The fourth-order valence-electron chi connectivity index (χ4n) is 3.18. The molecule has 7 heteroatoms. The number of carbonyl (C=O) groups excluding carboxylic acids is 2. The number of nitrogens with one attached hydrogen (secondary N) is 2. The zero-order valence-electron chi connectivity index (χ0n) is 16.2. The van der Waals surface area contributed by atoms with Crippen LogP contribution in [0.1, 0.15) is 48.7 Å². The van der Waals surface area contributed by atoms with Gasteiger partial charge in [-0.25, -0.2) is 9.78 Å². The number of halogens is 1. The van der Waals surface area contributed by atoms with Crippen LogP contribution in [0.15, 0.2) is 36.5 Å². The van der Waals surface area contributed by atoms with Crippen LogP contribution in [0.25, 0.3) is 0 Å². The van der Waals surface area contributed by atoms with Gasteiger partial charge in [0.15, 0.2) is 0 Å². The van der Waals surface area contributed by atoms with Gasteiger partial charge in [-0.2, -0.15) is 4.39 Å².